The van der Waals surface area contributed by atoms with Crippen molar-refractivity contribution in [2.45, 2.75) is 53.2 Å². The Hall–Kier alpha value is -1.78. The minimum absolute atomic E-state index is 0.442. The van der Waals surface area contributed by atoms with Gasteiger partial charge in [0.05, 0.1) is 12.2 Å². The summed E-state index contributed by atoms with van der Waals surface area (Å²) in [7, 11) is 0. The number of hydrogen-bond acceptors (Lipinski definition) is 3. The van der Waals surface area contributed by atoms with E-state index < -0.39 is 0 Å². The van der Waals surface area contributed by atoms with Gasteiger partial charge < -0.3 is 5.32 Å². The van der Waals surface area contributed by atoms with Gasteiger partial charge >= 0.3 is 0 Å². The second-order valence-corrected chi connectivity index (χ2v) is 5.69. The minimum Gasteiger partial charge on any atom is -0.363 e. The van der Waals surface area contributed by atoms with Gasteiger partial charge in [-0.05, 0) is 25.3 Å². The van der Waals surface area contributed by atoms with Crippen LogP contribution < -0.4 is 5.32 Å². The van der Waals surface area contributed by atoms with Crippen LogP contribution in [0.3, 0.4) is 0 Å². The predicted molar refractivity (Wildman–Crippen MR) is 81.6 cm³/mol. The molecule has 2 aromatic rings. The summed E-state index contributed by atoms with van der Waals surface area (Å²) in [6, 6.07) is 4.52. The molecule has 0 radical (unpaired) electrons. The Labute approximate surface area is 121 Å². The van der Waals surface area contributed by atoms with Crippen LogP contribution >= 0.6 is 0 Å². The zero-order valence-electron chi connectivity index (χ0n) is 12.9. The van der Waals surface area contributed by atoms with Gasteiger partial charge in [0.25, 0.3) is 0 Å². The monoisotopic (exact) mass is 275 g/mol. The molecule has 5 heteroatoms. The fourth-order valence-corrected chi connectivity index (χ4v) is 2.07. The quantitative estimate of drug-likeness (QED) is 0.843. The van der Waals surface area contributed by atoms with Gasteiger partial charge in [-0.2, -0.15) is 10.2 Å². The summed E-state index contributed by atoms with van der Waals surface area (Å²) in [6.07, 6.45) is 4.97. The molecule has 2 rings (SSSR count). The lowest BCUT2D eigenvalue weighted by Crippen LogP contribution is -2.13. The third-order valence-electron chi connectivity index (χ3n) is 3.44. The Kier molecular flexibility index (Phi) is 4.82. The molecule has 0 amide bonds. The van der Waals surface area contributed by atoms with Crippen molar-refractivity contribution in [2.75, 3.05) is 5.32 Å². The molecule has 110 valence electrons. The Morgan fingerprint density at radius 1 is 1.25 bits per heavy atom. The van der Waals surface area contributed by atoms with Gasteiger partial charge in [-0.3, -0.25) is 9.36 Å². The molecular weight excluding hydrogens is 250 g/mol. The first-order valence-electron chi connectivity index (χ1n) is 7.39. The Morgan fingerprint density at radius 2 is 2.05 bits per heavy atom. The van der Waals surface area contributed by atoms with Crippen molar-refractivity contribution >= 4 is 5.82 Å². The van der Waals surface area contributed by atoms with Gasteiger partial charge in [0.2, 0.25) is 0 Å². The maximum Gasteiger partial charge on any atom is 0.148 e. The largest absolute Gasteiger partial charge is 0.363 e. The first-order chi connectivity index (χ1) is 9.60. The van der Waals surface area contributed by atoms with Crippen LogP contribution in [-0.4, -0.2) is 19.6 Å². The highest BCUT2D eigenvalue weighted by atomic mass is 15.3. The van der Waals surface area contributed by atoms with E-state index in [1.165, 1.54) is 5.69 Å². The number of rotatable bonds is 7. The van der Waals surface area contributed by atoms with E-state index in [0.29, 0.717) is 12.0 Å². The van der Waals surface area contributed by atoms with Gasteiger partial charge in [-0.25, -0.2) is 0 Å². The van der Waals surface area contributed by atoms with Crippen LogP contribution in [0.2, 0.25) is 0 Å². The topological polar surface area (TPSA) is 47.7 Å². The van der Waals surface area contributed by atoms with Crippen molar-refractivity contribution < 1.29 is 0 Å². The van der Waals surface area contributed by atoms with Crippen LogP contribution in [0.1, 0.15) is 45.9 Å². The van der Waals surface area contributed by atoms with Crippen molar-refractivity contribution in [3.05, 3.63) is 30.2 Å². The van der Waals surface area contributed by atoms with E-state index >= 15 is 0 Å². The smallest absolute Gasteiger partial charge is 0.148 e. The van der Waals surface area contributed by atoms with E-state index in [2.05, 4.69) is 54.0 Å². The highest BCUT2D eigenvalue weighted by molar-refractivity contribution is 5.33. The van der Waals surface area contributed by atoms with Gasteiger partial charge in [0.1, 0.15) is 5.82 Å². The number of anilines is 1. The number of nitrogens with one attached hydrogen (secondary N) is 1. The van der Waals surface area contributed by atoms with Crippen LogP contribution in [0.25, 0.3) is 0 Å². The van der Waals surface area contributed by atoms with Crippen molar-refractivity contribution in [1.29, 1.82) is 0 Å². The molecule has 2 heterocycles. The van der Waals surface area contributed by atoms with Crippen LogP contribution in [-0.2, 0) is 13.1 Å². The lowest BCUT2D eigenvalue weighted by molar-refractivity contribution is 0.469. The summed E-state index contributed by atoms with van der Waals surface area (Å²) in [4.78, 5) is 0. The van der Waals surface area contributed by atoms with Crippen molar-refractivity contribution in [2.24, 2.45) is 5.92 Å². The van der Waals surface area contributed by atoms with E-state index in [9.17, 15) is 0 Å². The number of hydrogen-bond donors (Lipinski definition) is 1. The molecule has 0 spiro atoms. The van der Waals surface area contributed by atoms with Crippen molar-refractivity contribution in [1.82, 2.24) is 19.6 Å². The average molecular weight is 275 g/mol. The summed E-state index contributed by atoms with van der Waals surface area (Å²) >= 11 is 0. The predicted octanol–water partition coefficient (Wildman–Crippen LogP) is 3.32. The van der Waals surface area contributed by atoms with E-state index in [1.807, 2.05) is 23.1 Å². The second-order valence-electron chi connectivity index (χ2n) is 5.69. The molecule has 0 saturated carbocycles. The summed E-state index contributed by atoms with van der Waals surface area (Å²) in [5.74, 6) is 1.51. The lowest BCUT2D eigenvalue weighted by atomic mass is 10.2. The third-order valence-corrected chi connectivity index (χ3v) is 3.44. The SMILES string of the molecule is CC[C@H](C)n1ccc(NCc2ccnn2CC(C)C)n1. The third kappa shape index (κ3) is 3.62. The van der Waals surface area contributed by atoms with Crippen LogP contribution in [0.5, 0.6) is 0 Å². The molecule has 0 unspecified atom stereocenters. The maximum absolute atomic E-state index is 4.55. The molecule has 2 aromatic heterocycles. The molecule has 1 N–H and O–H groups in total. The minimum atomic E-state index is 0.442. The molecule has 0 fully saturated rings. The standard InChI is InChI=1S/C15H25N5/c1-5-13(4)19-9-7-15(18-19)16-10-14-6-8-17-20(14)11-12(2)3/h6-9,12-13H,5,10-11H2,1-4H3,(H,16,18)/t13-/m0/s1. The Balaban J connectivity index is 1.95. The maximum atomic E-state index is 4.55. The zero-order chi connectivity index (χ0) is 14.5. The normalized spacial score (nSPS) is 12.8. The molecule has 0 aromatic carbocycles. The van der Waals surface area contributed by atoms with E-state index in [4.69, 9.17) is 0 Å². The van der Waals surface area contributed by atoms with E-state index in [1.54, 1.807) is 0 Å². The van der Waals surface area contributed by atoms with Gasteiger partial charge in [0.15, 0.2) is 0 Å². The summed E-state index contributed by atoms with van der Waals surface area (Å²) < 4.78 is 4.07. The average Bonchev–Trinajstić information content (AvgIpc) is 3.04. The van der Waals surface area contributed by atoms with Gasteiger partial charge in [-0.15, -0.1) is 0 Å². The van der Waals surface area contributed by atoms with Gasteiger partial charge in [-0.1, -0.05) is 20.8 Å². The lowest BCUT2D eigenvalue weighted by Gasteiger charge is -2.11. The zero-order valence-corrected chi connectivity index (χ0v) is 12.9. The van der Waals surface area contributed by atoms with Crippen molar-refractivity contribution in [3.63, 3.8) is 0 Å². The van der Waals surface area contributed by atoms with Crippen molar-refractivity contribution in [3.8, 4) is 0 Å². The molecular formula is C15H25N5. The molecule has 5 nitrogen and oxygen atoms in total. The summed E-state index contributed by atoms with van der Waals surface area (Å²) in [5, 5.41) is 12.3. The van der Waals surface area contributed by atoms with Crippen LogP contribution in [0.15, 0.2) is 24.5 Å². The molecule has 0 aliphatic heterocycles. The summed E-state index contributed by atoms with van der Waals surface area (Å²) in [5.41, 5.74) is 1.19. The van der Waals surface area contributed by atoms with E-state index in [-0.39, 0.29) is 0 Å². The highest BCUT2D eigenvalue weighted by Gasteiger charge is 2.07. The molecule has 0 aliphatic rings. The fourth-order valence-electron chi connectivity index (χ4n) is 2.07. The molecule has 1 atom stereocenters. The first kappa shape index (κ1) is 14.6. The van der Waals surface area contributed by atoms with Crippen LogP contribution in [0.4, 0.5) is 5.82 Å². The van der Waals surface area contributed by atoms with Crippen LogP contribution in [0, 0.1) is 5.92 Å². The molecule has 0 saturated heterocycles. The Morgan fingerprint density at radius 3 is 2.75 bits per heavy atom. The fraction of sp³-hybridized carbons (Fsp3) is 0.600. The second kappa shape index (κ2) is 6.59. The van der Waals surface area contributed by atoms with E-state index in [0.717, 1.165) is 25.3 Å². The molecule has 0 bridgehead atoms. The molecule has 0 aliphatic carbocycles. The highest BCUT2D eigenvalue weighted by Crippen LogP contribution is 2.13. The number of nitrogens with zero attached hydrogens (tertiary/aromatic N) is 4. The Bertz CT molecular complexity index is 526. The summed E-state index contributed by atoms with van der Waals surface area (Å²) in [6.45, 7) is 10.5. The van der Waals surface area contributed by atoms with Gasteiger partial charge in [0, 0.05) is 31.0 Å². The molecule has 20 heavy (non-hydrogen) atoms. The first-order valence-corrected chi connectivity index (χ1v) is 7.39. The number of aromatic nitrogens is 4.